The van der Waals surface area contributed by atoms with Crippen LogP contribution in [0, 0.1) is 6.92 Å². The Balaban J connectivity index is 1.52. The Morgan fingerprint density at radius 3 is 2.70 bits per heavy atom. The summed E-state index contributed by atoms with van der Waals surface area (Å²) in [6, 6.07) is 14.1. The van der Waals surface area contributed by atoms with Crippen molar-refractivity contribution < 1.29 is 9.64 Å². The lowest BCUT2D eigenvalue weighted by Gasteiger charge is -2.13. The Bertz CT molecular complexity index is 1180. The van der Waals surface area contributed by atoms with Crippen molar-refractivity contribution in [2.75, 3.05) is 14.2 Å². The van der Waals surface area contributed by atoms with Gasteiger partial charge in [0, 0.05) is 17.3 Å². The first-order valence-corrected chi connectivity index (χ1v) is 9.58. The number of aryl methyl sites for hydroxylation is 1. The van der Waals surface area contributed by atoms with Crippen LogP contribution in [0.1, 0.15) is 16.3 Å². The van der Waals surface area contributed by atoms with Gasteiger partial charge < -0.3 is 9.64 Å². The molecule has 2 aromatic heterocycles. The number of nitrogens with one attached hydrogen (secondary N) is 1. The van der Waals surface area contributed by atoms with E-state index in [0.717, 1.165) is 29.5 Å². The van der Waals surface area contributed by atoms with Crippen molar-refractivity contribution in [2.24, 2.45) is 0 Å². The highest BCUT2D eigenvalue weighted by atomic mass is 32.1. The van der Waals surface area contributed by atoms with E-state index >= 15 is 0 Å². The average Bonchev–Trinajstić information content (AvgIpc) is 3.03. The highest BCUT2D eigenvalue weighted by Crippen LogP contribution is 2.21. The molecule has 0 radical (unpaired) electrons. The normalized spacial score (nSPS) is 12.6. The quantitative estimate of drug-likeness (QED) is 0.573. The molecule has 1 atom stereocenters. The van der Waals surface area contributed by atoms with Gasteiger partial charge in [-0.1, -0.05) is 29.5 Å². The Kier molecular flexibility index (Phi) is 4.63. The van der Waals surface area contributed by atoms with Gasteiger partial charge in [-0.2, -0.15) is 9.61 Å². The number of quaternary nitrogens is 1. The van der Waals surface area contributed by atoms with E-state index in [0.29, 0.717) is 4.96 Å². The van der Waals surface area contributed by atoms with Crippen LogP contribution in [0.2, 0.25) is 0 Å². The molecular formula is C20H21N4O2S+. The Labute approximate surface area is 160 Å². The molecule has 1 unspecified atom stereocenters. The molecule has 0 aliphatic carbocycles. The Morgan fingerprint density at radius 1 is 1.11 bits per heavy atom. The minimum atomic E-state index is -0.123. The van der Waals surface area contributed by atoms with Gasteiger partial charge in [0.15, 0.2) is 5.01 Å². The molecule has 0 saturated heterocycles. The van der Waals surface area contributed by atoms with Crippen molar-refractivity contribution in [1.29, 1.82) is 0 Å². The van der Waals surface area contributed by atoms with Crippen LogP contribution in [0.25, 0.3) is 15.7 Å². The van der Waals surface area contributed by atoms with Crippen LogP contribution in [0.4, 0.5) is 0 Å². The predicted octanol–water partition coefficient (Wildman–Crippen LogP) is 1.84. The standard InChI is InChI=1S/C20H20N4O2S/c1-13-8-19(25)24-20(21-13)27-18(22-24)12-23(2)11-14-4-5-16-10-17(26-3)7-6-15(16)9-14/h4-10H,11-12H2,1-3H3/p+1. The second-order valence-electron chi connectivity index (χ2n) is 6.78. The summed E-state index contributed by atoms with van der Waals surface area (Å²) in [5.74, 6) is 0.868. The topological polar surface area (TPSA) is 60.9 Å². The van der Waals surface area contributed by atoms with E-state index in [1.165, 1.54) is 43.2 Å². The number of ether oxygens (including phenoxy) is 1. The highest BCUT2D eigenvalue weighted by Gasteiger charge is 2.13. The Hall–Kier alpha value is -2.77. The zero-order valence-corrected chi connectivity index (χ0v) is 16.3. The predicted molar refractivity (Wildman–Crippen MR) is 107 cm³/mol. The second kappa shape index (κ2) is 7.09. The fraction of sp³-hybridized carbons (Fsp3) is 0.250. The molecule has 0 fully saturated rings. The molecule has 138 valence electrons. The van der Waals surface area contributed by atoms with E-state index in [2.05, 4.69) is 41.4 Å². The minimum absolute atomic E-state index is 0.123. The number of methoxy groups -OCH3 is 1. The number of benzene rings is 2. The lowest BCUT2D eigenvalue weighted by molar-refractivity contribution is -0.907. The summed E-state index contributed by atoms with van der Waals surface area (Å²) in [6.45, 7) is 3.44. The van der Waals surface area contributed by atoms with Crippen LogP contribution in [0.3, 0.4) is 0 Å². The zero-order valence-electron chi connectivity index (χ0n) is 15.5. The van der Waals surface area contributed by atoms with Crippen molar-refractivity contribution in [1.82, 2.24) is 14.6 Å². The first-order valence-electron chi connectivity index (χ1n) is 8.76. The van der Waals surface area contributed by atoms with E-state index < -0.39 is 0 Å². The summed E-state index contributed by atoms with van der Waals surface area (Å²) < 4.78 is 6.68. The maximum atomic E-state index is 12.0. The molecule has 0 saturated carbocycles. The Morgan fingerprint density at radius 2 is 1.89 bits per heavy atom. The van der Waals surface area contributed by atoms with Crippen molar-refractivity contribution in [2.45, 2.75) is 20.0 Å². The molecule has 4 rings (SSSR count). The molecule has 1 N–H and O–H groups in total. The summed E-state index contributed by atoms with van der Waals surface area (Å²) in [6.07, 6.45) is 0. The largest absolute Gasteiger partial charge is 0.497 e. The molecule has 6 nitrogen and oxygen atoms in total. The van der Waals surface area contributed by atoms with Crippen LogP contribution < -0.4 is 15.2 Å². The number of hydrogen-bond donors (Lipinski definition) is 1. The number of fused-ring (bicyclic) bond motifs is 2. The maximum absolute atomic E-state index is 12.0. The molecule has 0 spiro atoms. The first kappa shape index (κ1) is 17.6. The molecular weight excluding hydrogens is 360 g/mol. The lowest BCUT2D eigenvalue weighted by Crippen LogP contribution is -3.06. The number of hydrogen-bond acceptors (Lipinski definition) is 5. The molecule has 0 aliphatic rings. The number of rotatable bonds is 5. The number of aromatic nitrogens is 3. The van der Waals surface area contributed by atoms with Crippen molar-refractivity contribution >= 4 is 27.1 Å². The van der Waals surface area contributed by atoms with Crippen molar-refractivity contribution in [3.63, 3.8) is 0 Å². The molecule has 0 amide bonds. The molecule has 2 heterocycles. The molecule has 4 aromatic rings. The van der Waals surface area contributed by atoms with E-state index in [1.807, 2.05) is 19.1 Å². The van der Waals surface area contributed by atoms with Gasteiger partial charge in [0.2, 0.25) is 4.96 Å². The molecule has 0 aliphatic heterocycles. The van der Waals surface area contributed by atoms with Crippen molar-refractivity contribution in [3.05, 3.63) is 69.1 Å². The summed E-state index contributed by atoms with van der Waals surface area (Å²) in [5, 5.41) is 7.71. The summed E-state index contributed by atoms with van der Waals surface area (Å²) in [4.78, 5) is 18.4. The first-order chi connectivity index (χ1) is 13.0. The third-order valence-electron chi connectivity index (χ3n) is 4.49. The third-order valence-corrected chi connectivity index (χ3v) is 5.39. The van der Waals surface area contributed by atoms with Crippen LogP contribution in [-0.4, -0.2) is 28.8 Å². The van der Waals surface area contributed by atoms with Crippen LogP contribution >= 0.6 is 11.3 Å². The van der Waals surface area contributed by atoms with E-state index in [-0.39, 0.29) is 5.56 Å². The van der Waals surface area contributed by atoms with E-state index in [1.54, 1.807) is 7.11 Å². The molecule has 0 bridgehead atoms. The third kappa shape index (κ3) is 3.70. The SMILES string of the molecule is COc1ccc2cc(C[NH+](C)Cc3nn4c(=O)cc(C)nc4s3)ccc2c1. The van der Waals surface area contributed by atoms with Crippen LogP contribution in [0.5, 0.6) is 5.75 Å². The smallest absolute Gasteiger partial charge is 0.275 e. The lowest BCUT2D eigenvalue weighted by atomic mass is 10.1. The fourth-order valence-electron chi connectivity index (χ4n) is 3.21. The molecule has 27 heavy (non-hydrogen) atoms. The van der Waals surface area contributed by atoms with E-state index in [4.69, 9.17) is 4.74 Å². The molecule has 7 heteroatoms. The van der Waals surface area contributed by atoms with Gasteiger partial charge in [0.1, 0.15) is 18.8 Å². The average molecular weight is 381 g/mol. The van der Waals surface area contributed by atoms with Crippen LogP contribution in [-0.2, 0) is 13.1 Å². The summed E-state index contributed by atoms with van der Waals surface area (Å²) in [5.41, 5.74) is 1.86. The van der Waals surface area contributed by atoms with Crippen molar-refractivity contribution in [3.8, 4) is 5.75 Å². The zero-order chi connectivity index (χ0) is 19.0. The maximum Gasteiger partial charge on any atom is 0.275 e. The van der Waals surface area contributed by atoms with Gasteiger partial charge >= 0.3 is 0 Å². The van der Waals surface area contributed by atoms with E-state index in [9.17, 15) is 4.79 Å². The van der Waals surface area contributed by atoms with Gasteiger partial charge in [0.25, 0.3) is 5.56 Å². The number of nitrogens with zero attached hydrogens (tertiary/aromatic N) is 3. The summed E-state index contributed by atoms with van der Waals surface area (Å²) >= 11 is 1.48. The minimum Gasteiger partial charge on any atom is -0.497 e. The van der Waals surface area contributed by atoms with Gasteiger partial charge in [-0.25, -0.2) is 4.98 Å². The molecule has 2 aromatic carbocycles. The summed E-state index contributed by atoms with van der Waals surface area (Å²) in [7, 11) is 3.81. The van der Waals surface area contributed by atoms with Gasteiger partial charge in [0.05, 0.1) is 14.2 Å². The van der Waals surface area contributed by atoms with Crippen LogP contribution in [0.15, 0.2) is 47.3 Å². The monoisotopic (exact) mass is 381 g/mol. The van der Waals surface area contributed by atoms with Gasteiger partial charge in [-0.05, 0) is 35.9 Å². The van der Waals surface area contributed by atoms with Gasteiger partial charge in [-0.15, -0.1) is 0 Å². The van der Waals surface area contributed by atoms with Gasteiger partial charge in [-0.3, -0.25) is 4.79 Å². The fourth-order valence-corrected chi connectivity index (χ4v) is 4.27. The second-order valence-corrected chi connectivity index (χ2v) is 7.82. The highest BCUT2D eigenvalue weighted by molar-refractivity contribution is 7.16.